The van der Waals surface area contributed by atoms with E-state index in [-0.39, 0.29) is 10.8 Å². The molecule has 5 heteroatoms. The number of carbonyl (C=O) groups is 1. The third-order valence-electron chi connectivity index (χ3n) is 5.25. The molecule has 1 aromatic carbocycles. The van der Waals surface area contributed by atoms with Crippen molar-refractivity contribution in [2.75, 3.05) is 18.0 Å². The van der Waals surface area contributed by atoms with Crippen LogP contribution in [0.15, 0.2) is 30.5 Å². The van der Waals surface area contributed by atoms with Gasteiger partial charge in [0.2, 0.25) is 0 Å². The van der Waals surface area contributed by atoms with Gasteiger partial charge in [-0.25, -0.2) is 9.97 Å². The van der Waals surface area contributed by atoms with Crippen LogP contribution in [0.25, 0.3) is 0 Å². The van der Waals surface area contributed by atoms with E-state index in [0.717, 1.165) is 31.7 Å². The average Bonchev–Trinajstić information content (AvgIpc) is 2.93. The molecule has 1 aliphatic carbocycles. The zero-order chi connectivity index (χ0) is 15.9. The van der Waals surface area contributed by atoms with Gasteiger partial charge in [-0.1, -0.05) is 35.9 Å². The summed E-state index contributed by atoms with van der Waals surface area (Å²) in [5.41, 5.74) is 3.63. The number of halogens is 1. The molecule has 0 atom stereocenters. The Labute approximate surface area is 140 Å². The molecule has 1 aromatic heterocycles. The third kappa shape index (κ3) is 2.61. The van der Waals surface area contributed by atoms with E-state index in [1.807, 2.05) is 0 Å². The second kappa shape index (κ2) is 5.60. The van der Waals surface area contributed by atoms with Gasteiger partial charge >= 0.3 is 0 Å². The average molecular weight is 328 g/mol. The summed E-state index contributed by atoms with van der Waals surface area (Å²) in [7, 11) is 0. The molecule has 1 aliphatic heterocycles. The molecule has 0 amide bonds. The van der Waals surface area contributed by atoms with E-state index in [2.05, 4.69) is 39.1 Å². The molecule has 0 bridgehead atoms. The van der Waals surface area contributed by atoms with Crippen molar-refractivity contribution in [2.45, 2.75) is 25.7 Å². The zero-order valence-electron chi connectivity index (χ0n) is 12.8. The van der Waals surface area contributed by atoms with Gasteiger partial charge in [-0.3, -0.25) is 4.79 Å². The van der Waals surface area contributed by atoms with Crippen LogP contribution in [0.1, 0.15) is 34.5 Å². The molecular weight excluding hydrogens is 310 g/mol. The van der Waals surface area contributed by atoms with Crippen LogP contribution < -0.4 is 4.90 Å². The lowest BCUT2D eigenvalue weighted by Crippen LogP contribution is -2.41. The van der Waals surface area contributed by atoms with Crippen molar-refractivity contribution in [3.8, 4) is 0 Å². The summed E-state index contributed by atoms with van der Waals surface area (Å²) >= 11 is 6.00. The van der Waals surface area contributed by atoms with Crippen molar-refractivity contribution < 1.29 is 4.79 Å². The molecule has 23 heavy (non-hydrogen) atoms. The molecule has 4 rings (SSSR count). The lowest BCUT2D eigenvalue weighted by Gasteiger charge is -2.39. The van der Waals surface area contributed by atoms with Crippen LogP contribution >= 0.6 is 11.6 Å². The lowest BCUT2D eigenvalue weighted by molar-refractivity contribution is 0.111. The minimum absolute atomic E-state index is 0.186. The molecule has 0 saturated carbocycles. The predicted molar refractivity (Wildman–Crippen MR) is 90.2 cm³/mol. The van der Waals surface area contributed by atoms with Crippen molar-refractivity contribution >= 4 is 23.7 Å². The Morgan fingerprint density at radius 3 is 2.35 bits per heavy atom. The summed E-state index contributed by atoms with van der Waals surface area (Å²) in [6.45, 7) is 1.92. The van der Waals surface area contributed by atoms with E-state index in [1.54, 1.807) is 6.20 Å². The molecule has 118 valence electrons. The number of benzene rings is 1. The number of nitrogens with zero attached hydrogens (tertiary/aromatic N) is 3. The van der Waals surface area contributed by atoms with Crippen molar-refractivity contribution in [1.29, 1.82) is 0 Å². The number of piperidine rings is 1. The summed E-state index contributed by atoms with van der Waals surface area (Å²) in [6.07, 6.45) is 6.96. The fraction of sp³-hybridized carbons (Fsp3) is 0.389. The fourth-order valence-electron chi connectivity index (χ4n) is 3.94. The Balaban J connectivity index is 1.48. The van der Waals surface area contributed by atoms with Crippen LogP contribution in [0.3, 0.4) is 0 Å². The largest absolute Gasteiger partial charge is 0.355 e. The maximum absolute atomic E-state index is 10.8. The summed E-state index contributed by atoms with van der Waals surface area (Å²) in [4.78, 5) is 21.4. The van der Waals surface area contributed by atoms with E-state index in [1.165, 1.54) is 24.0 Å². The molecule has 1 saturated heterocycles. The van der Waals surface area contributed by atoms with E-state index < -0.39 is 0 Å². The Morgan fingerprint density at radius 1 is 1.13 bits per heavy atom. The second-order valence-electron chi connectivity index (χ2n) is 6.63. The Hall–Kier alpha value is -1.94. The van der Waals surface area contributed by atoms with Crippen LogP contribution in [0.2, 0.25) is 5.15 Å². The predicted octanol–water partition coefficient (Wildman–Crippen LogP) is 3.33. The van der Waals surface area contributed by atoms with Gasteiger partial charge < -0.3 is 4.90 Å². The zero-order valence-corrected chi connectivity index (χ0v) is 13.6. The summed E-state index contributed by atoms with van der Waals surface area (Å²) in [5, 5.41) is 0.186. The van der Waals surface area contributed by atoms with E-state index in [0.29, 0.717) is 11.7 Å². The first-order valence-electron chi connectivity index (χ1n) is 7.99. The number of carbonyl (C=O) groups excluding carboxylic acids is 1. The molecular formula is C18H18ClN3O. The Kier molecular flexibility index (Phi) is 3.57. The molecule has 2 aromatic rings. The van der Waals surface area contributed by atoms with Crippen molar-refractivity contribution in [3.63, 3.8) is 0 Å². The Bertz CT molecular complexity index is 727. The first-order valence-corrected chi connectivity index (χ1v) is 8.36. The highest BCUT2D eigenvalue weighted by Crippen LogP contribution is 2.44. The van der Waals surface area contributed by atoms with Crippen LogP contribution in [0.5, 0.6) is 0 Å². The molecule has 2 aliphatic rings. The van der Waals surface area contributed by atoms with Gasteiger partial charge in [0.15, 0.2) is 11.4 Å². The fourth-order valence-corrected chi connectivity index (χ4v) is 4.12. The number of hydrogen-bond acceptors (Lipinski definition) is 4. The second-order valence-corrected chi connectivity index (χ2v) is 6.99. The molecule has 0 radical (unpaired) electrons. The SMILES string of the molecule is O=Cc1ncc(N2CCC3(CC2)Cc2ccccc2C3)nc1Cl. The van der Waals surface area contributed by atoms with E-state index >= 15 is 0 Å². The van der Waals surface area contributed by atoms with Crippen molar-refractivity contribution in [1.82, 2.24) is 9.97 Å². The summed E-state index contributed by atoms with van der Waals surface area (Å²) in [5.74, 6) is 0.769. The first kappa shape index (κ1) is 14.6. The van der Waals surface area contributed by atoms with Crippen LogP contribution in [-0.2, 0) is 12.8 Å². The monoisotopic (exact) mass is 327 g/mol. The standard InChI is InChI=1S/C18H18ClN3O/c19-17-15(12-23)20-11-16(21-17)22-7-5-18(6-8-22)9-13-3-1-2-4-14(13)10-18/h1-4,11-12H,5-10H2. The van der Waals surface area contributed by atoms with Crippen LogP contribution in [0.4, 0.5) is 5.82 Å². The van der Waals surface area contributed by atoms with Gasteiger partial charge in [0, 0.05) is 13.1 Å². The summed E-state index contributed by atoms with van der Waals surface area (Å²) in [6, 6.07) is 8.80. The summed E-state index contributed by atoms with van der Waals surface area (Å²) < 4.78 is 0. The number of anilines is 1. The molecule has 0 N–H and O–H groups in total. The first-order chi connectivity index (χ1) is 11.2. The lowest BCUT2D eigenvalue weighted by atomic mass is 9.76. The van der Waals surface area contributed by atoms with Crippen molar-refractivity contribution in [3.05, 3.63) is 52.4 Å². The highest BCUT2D eigenvalue weighted by Gasteiger charge is 2.39. The minimum atomic E-state index is 0.186. The number of aldehydes is 1. The third-order valence-corrected chi connectivity index (χ3v) is 5.53. The maximum Gasteiger partial charge on any atom is 0.171 e. The minimum Gasteiger partial charge on any atom is -0.355 e. The van der Waals surface area contributed by atoms with Crippen LogP contribution in [-0.4, -0.2) is 29.3 Å². The topological polar surface area (TPSA) is 46.1 Å². The number of aromatic nitrogens is 2. The molecule has 1 fully saturated rings. The maximum atomic E-state index is 10.8. The molecule has 0 unspecified atom stereocenters. The van der Waals surface area contributed by atoms with Gasteiger partial charge in [-0.15, -0.1) is 0 Å². The molecule has 4 nitrogen and oxygen atoms in total. The van der Waals surface area contributed by atoms with Gasteiger partial charge in [-0.2, -0.15) is 0 Å². The quantitative estimate of drug-likeness (QED) is 0.794. The van der Waals surface area contributed by atoms with Gasteiger partial charge in [0.1, 0.15) is 11.5 Å². The highest BCUT2D eigenvalue weighted by molar-refractivity contribution is 6.31. The normalized spacial score (nSPS) is 18.9. The molecule has 1 spiro atoms. The number of rotatable bonds is 2. The highest BCUT2D eigenvalue weighted by atomic mass is 35.5. The van der Waals surface area contributed by atoms with Gasteiger partial charge in [0.25, 0.3) is 0 Å². The van der Waals surface area contributed by atoms with Crippen molar-refractivity contribution in [2.24, 2.45) is 5.41 Å². The smallest absolute Gasteiger partial charge is 0.171 e. The van der Waals surface area contributed by atoms with Crippen LogP contribution in [0, 0.1) is 5.41 Å². The van der Waals surface area contributed by atoms with Gasteiger partial charge in [-0.05, 0) is 42.2 Å². The van der Waals surface area contributed by atoms with E-state index in [4.69, 9.17) is 11.6 Å². The molecule has 2 heterocycles. The number of fused-ring (bicyclic) bond motifs is 1. The van der Waals surface area contributed by atoms with Gasteiger partial charge in [0.05, 0.1) is 6.20 Å². The number of hydrogen-bond donors (Lipinski definition) is 0. The Morgan fingerprint density at radius 2 is 1.78 bits per heavy atom. The van der Waals surface area contributed by atoms with E-state index in [9.17, 15) is 4.79 Å².